The number of hydrogen-bond donors (Lipinski definition) is 0. The summed E-state index contributed by atoms with van der Waals surface area (Å²) in [5.41, 5.74) is 1.70. The molecule has 0 atom stereocenters. The fraction of sp³-hybridized carbons (Fsp3) is 0.133. The Kier molecular flexibility index (Phi) is 3.16. The predicted molar refractivity (Wildman–Crippen MR) is 75.9 cm³/mol. The smallest absolute Gasteiger partial charge is 0.220 e. The Labute approximate surface area is 116 Å². The number of ether oxygens (including phenoxy) is 2. The Hall–Kier alpha value is -2.69. The van der Waals surface area contributed by atoms with Crippen LogP contribution in [0, 0.1) is 0 Å². The highest BCUT2D eigenvalue weighted by Crippen LogP contribution is 2.27. The Morgan fingerprint density at radius 2 is 1.60 bits per heavy atom. The summed E-state index contributed by atoms with van der Waals surface area (Å²) in [6, 6.07) is 11.4. The standard InChI is InChI=1S/C15H13N3O2/c1-19-12-9-13(20-2)18-15(17-12)11-7-3-5-10-6-4-8-16-14(10)11/h3-9H,1-2H3. The van der Waals surface area contributed by atoms with E-state index in [9.17, 15) is 0 Å². The molecule has 0 fully saturated rings. The topological polar surface area (TPSA) is 57.1 Å². The Bertz CT molecular complexity index is 731. The van der Waals surface area contributed by atoms with Crippen molar-refractivity contribution in [1.29, 1.82) is 0 Å². The summed E-state index contributed by atoms with van der Waals surface area (Å²) >= 11 is 0. The first-order chi connectivity index (χ1) is 9.81. The molecule has 100 valence electrons. The highest BCUT2D eigenvalue weighted by atomic mass is 16.5. The van der Waals surface area contributed by atoms with Crippen molar-refractivity contribution >= 4 is 10.9 Å². The Morgan fingerprint density at radius 3 is 2.30 bits per heavy atom. The summed E-state index contributed by atoms with van der Waals surface area (Å²) in [5.74, 6) is 1.45. The van der Waals surface area contributed by atoms with Crippen molar-refractivity contribution < 1.29 is 9.47 Å². The van der Waals surface area contributed by atoms with Crippen LogP contribution in [0.2, 0.25) is 0 Å². The minimum atomic E-state index is 0.458. The van der Waals surface area contributed by atoms with E-state index in [4.69, 9.17) is 9.47 Å². The van der Waals surface area contributed by atoms with Crippen LogP contribution in [0.5, 0.6) is 11.8 Å². The van der Waals surface area contributed by atoms with Crippen LogP contribution in [0.1, 0.15) is 0 Å². The summed E-state index contributed by atoms with van der Waals surface area (Å²) in [7, 11) is 3.12. The van der Waals surface area contributed by atoms with Crippen LogP contribution in [-0.4, -0.2) is 29.2 Å². The van der Waals surface area contributed by atoms with Gasteiger partial charge in [-0.25, -0.2) is 0 Å². The highest BCUT2D eigenvalue weighted by molar-refractivity contribution is 5.91. The number of hydrogen-bond acceptors (Lipinski definition) is 5. The van der Waals surface area contributed by atoms with Gasteiger partial charge in [0.1, 0.15) is 0 Å². The SMILES string of the molecule is COc1cc(OC)nc(-c2cccc3cccnc23)n1. The second kappa shape index (κ2) is 5.13. The molecule has 2 heterocycles. The van der Waals surface area contributed by atoms with E-state index in [-0.39, 0.29) is 0 Å². The van der Waals surface area contributed by atoms with Crippen LogP contribution in [-0.2, 0) is 0 Å². The van der Waals surface area contributed by atoms with Gasteiger partial charge in [-0.2, -0.15) is 9.97 Å². The molecule has 0 bridgehead atoms. The summed E-state index contributed by atoms with van der Waals surface area (Å²) in [6.07, 6.45) is 1.75. The van der Waals surface area contributed by atoms with Crippen LogP contribution in [0.15, 0.2) is 42.6 Å². The molecular formula is C15H13N3O2. The fourth-order valence-electron chi connectivity index (χ4n) is 2.02. The fourth-order valence-corrected chi connectivity index (χ4v) is 2.02. The zero-order chi connectivity index (χ0) is 13.9. The second-order valence-corrected chi connectivity index (χ2v) is 4.16. The zero-order valence-corrected chi connectivity index (χ0v) is 11.2. The van der Waals surface area contributed by atoms with E-state index in [0.29, 0.717) is 17.6 Å². The van der Waals surface area contributed by atoms with Crippen molar-refractivity contribution in [2.45, 2.75) is 0 Å². The molecule has 0 amide bonds. The molecular weight excluding hydrogens is 254 g/mol. The van der Waals surface area contributed by atoms with E-state index in [0.717, 1.165) is 16.5 Å². The maximum absolute atomic E-state index is 5.18. The van der Waals surface area contributed by atoms with Gasteiger partial charge in [0.15, 0.2) is 5.82 Å². The number of fused-ring (bicyclic) bond motifs is 1. The van der Waals surface area contributed by atoms with Crippen LogP contribution in [0.3, 0.4) is 0 Å². The van der Waals surface area contributed by atoms with Crippen molar-refractivity contribution in [1.82, 2.24) is 15.0 Å². The molecule has 5 heteroatoms. The maximum Gasteiger partial charge on any atom is 0.220 e. The van der Waals surface area contributed by atoms with E-state index in [1.165, 1.54) is 0 Å². The molecule has 0 N–H and O–H groups in total. The molecule has 3 rings (SSSR count). The summed E-state index contributed by atoms with van der Waals surface area (Å²) < 4.78 is 10.4. The molecule has 3 aromatic rings. The van der Waals surface area contributed by atoms with Gasteiger partial charge in [-0.05, 0) is 12.1 Å². The molecule has 0 saturated carbocycles. The van der Waals surface area contributed by atoms with Crippen LogP contribution >= 0.6 is 0 Å². The lowest BCUT2D eigenvalue weighted by Gasteiger charge is -2.08. The van der Waals surface area contributed by atoms with E-state index in [1.807, 2.05) is 30.3 Å². The molecule has 0 unspecified atom stereocenters. The largest absolute Gasteiger partial charge is 0.481 e. The molecule has 2 aromatic heterocycles. The van der Waals surface area contributed by atoms with Crippen molar-refractivity contribution in [3.63, 3.8) is 0 Å². The van der Waals surface area contributed by atoms with E-state index in [1.54, 1.807) is 26.5 Å². The van der Waals surface area contributed by atoms with Gasteiger partial charge in [-0.15, -0.1) is 0 Å². The van der Waals surface area contributed by atoms with Gasteiger partial charge in [-0.3, -0.25) is 4.98 Å². The van der Waals surface area contributed by atoms with Crippen LogP contribution in [0.25, 0.3) is 22.3 Å². The lowest BCUT2D eigenvalue weighted by Crippen LogP contribution is -1.98. The highest BCUT2D eigenvalue weighted by Gasteiger charge is 2.11. The molecule has 0 radical (unpaired) electrons. The first-order valence-electron chi connectivity index (χ1n) is 6.13. The molecule has 0 aliphatic heterocycles. The molecule has 0 spiro atoms. The van der Waals surface area contributed by atoms with Gasteiger partial charge in [0, 0.05) is 17.1 Å². The summed E-state index contributed by atoms with van der Waals surface area (Å²) in [5, 5.41) is 1.04. The number of rotatable bonds is 3. The number of benzene rings is 1. The van der Waals surface area contributed by atoms with Gasteiger partial charge < -0.3 is 9.47 Å². The van der Waals surface area contributed by atoms with Crippen LogP contribution < -0.4 is 9.47 Å². The second-order valence-electron chi connectivity index (χ2n) is 4.16. The summed E-state index contributed by atoms with van der Waals surface area (Å²) in [6.45, 7) is 0. The number of nitrogens with zero attached hydrogens (tertiary/aromatic N) is 3. The third kappa shape index (κ3) is 2.14. The van der Waals surface area contributed by atoms with Crippen LogP contribution in [0.4, 0.5) is 0 Å². The van der Waals surface area contributed by atoms with Crippen molar-refractivity contribution in [3.05, 3.63) is 42.6 Å². The number of pyridine rings is 1. The lowest BCUT2D eigenvalue weighted by atomic mass is 10.1. The zero-order valence-electron chi connectivity index (χ0n) is 11.2. The number of para-hydroxylation sites is 1. The third-order valence-electron chi connectivity index (χ3n) is 2.97. The van der Waals surface area contributed by atoms with Gasteiger partial charge in [0.05, 0.1) is 25.8 Å². The first kappa shape index (κ1) is 12.3. The third-order valence-corrected chi connectivity index (χ3v) is 2.97. The van der Waals surface area contributed by atoms with Gasteiger partial charge in [0.2, 0.25) is 11.8 Å². The van der Waals surface area contributed by atoms with Crippen molar-refractivity contribution in [2.75, 3.05) is 14.2 Å². The number of methoxy groups -OCH3 is 2. The Balaban J connectivity index is 2.25. The predicted octanol–water partition coefficient (Wildman–Crippen LogP) is 2.71. The monoisotopic (exact) mass is 267 g/mol. The van der Waals surface area contributed by atoms with Crippen molar-refractivity contribution in [2.24, 2.45) is 0 Å². The molecule has 0 saturated heterocycles. The maximum atomic E-state index is 5.18. The average Bonchev–Trinajstić information content (AvgIpc) is 2.53. The van der Waals surface area contributed by atoms with E-state index in [2.05, 4.69) is 15.0 Å². The Morgan fingerprint density at radius 1 is 0.900 bits per heavy atom. The molecule has 20 heavy (non-hydrogen) atoms. The van der Waals surface area contributed by atoms with Gasteiger partial charge in [-0.1, -0.05) is 18.2 Å². The first-order valence-corrected chi connectivity index (χ1v) is 6.13. The number of aromatic nitrogens is 3. The van der Waals surface area contributed by atoms with E-state index < -0.39 is 0 Å². The summed E-state index contributed by atoms with van der Waals surface area (Å²) in [4.78, 5) is 13.1. The lowest BCUT2D eigenvalue weighted by molar-refractivity contribution is 0.373. The molecule has 0 aliphatic rings. The normalized spacial score (nSPS) is 10.5. The molecule has 0 aliphatic carbocycles. The molecule has 5 nitrogen and oxygen atoms in total. The molecule has 1 aromatic carbocycles. The van der Waals surface area contributed by atoms with Crippen molar-refractivity contribution in [3.8, 4) is 23.1 Å². The average molecular weight is 267 g/mol. The minimum absolute atomic E-state index is 0.458. The van der Waals surface area contributed by atoms with Gasteiger partial charge >= 0.3 is 0 Å². The quantitative estimate of drug-likeness (QED) is 0.730. The van der Waals surface area contributed by atoms with Gasteiger partial charge in [0.25, 0.3) is 0 Å². The minimum Gasteiger partial charge on any atom is -0.481 e. The van der Waals surface area contributed by atoms with E-state index >= 15 is 0 Å².